The Morgan fingerprint density at radius 1 is 1.00 bits per heavy atom. The Morgan fingerprint density at radius 3 is 2.60 bits per heavy atom. The van der Waals surface area contributed by atoms with Crippen molar-refractivity contribution in [2.75, 3.05) is 36.0 Å². The van der Waals surface area contributed by atoms with Crippen molar-refractivity contribution >= 4 is 17.2 Å². The highest BCUT2D eigenvalue weighted by Gasteiger charge is 2.19. The molecule has 0 unspecified atom stereocenters. The van der Waals surface area contributed by atoms with Crippen molar-refractivity contribution in [3.63, 3.8) is 0 Å². The van der Waals surface area contributed by atoms with Crippen LogP contribution in [0.2, 0.25) is 0 Å². The number of piperazine rings is 1. The van der Waals surface area contributed by atoms with Gasteiger partial charge in [0.25, 0.3) is 0 Å². The molecule has 1 saturated heterocycles. The van der Waals surface area contributed by atoms with Crippen LogP contribution in [0.5, 0.6) is 5.75 Å². The largest absolute Gasteiger partial charge is 0.435 e. The lowest BCUT2D eigenvalue weighted by Crippen LogP contribution is -2.47. The van der Waals surface area contributed by atoms with Gasteiger partial charge in [-0.15, -0.1) is 15.3 Å². The average Bonchev–Trinajstić information content (AvgIpc) is 3.09. The minimum atomic E-state index is -2.81. The molecular weight excluding hydrogens is 330 g/mol. The van der Waals surface area contributed by atoms with Crippen molar-refractivity contribution in [2.24, 2.45) is 0 Å². The summed E-state index contributed by atoms with van der Waals surface area (Å²) in [6.45, 7) is 0.270. The van der Waals surface area contributed by atoms with E-state index in [-0.39, 0.29) is 5.75 Å². The third kappa shape index (κ3) is 3.30. The summed E-state index contributed by atoms with van der Waals surface area (Å²) in [6.07, 6.45) is 1.57. The number of halogens is 2. The molecule has 1 aliphatic rings. The molecule has 1 fully saturated rings. The minimum absolute atomic E-state index is 0.176. The van der Waals surface area contributed by atoms with Gasteiger partial charge in [0, 0.05) is 37.9 Å². The highest BCUT2D eigenvalue weighted by atomic mass is 19.3. The van der Waals surface area contributed by atoms with Gasteiger partial charge in [-0.1, -0.05) is 6.07 Å². The molecule has 3 aromatic rings. The van der Waals surface area contributed by atoms with Crippen LogP contribution in [-0.4, -0.2) is 52.6 Å². The summed E-state index contributed by atoms with van der Waals surface area (Å²) in [7, 11) is 0. The molecule has 9 heteroatoms. The Labute approximate surface area is 142 Å². The smallest absolute Gasteiger partial charge is 0.387 e. The number of anilines is 2. The molecule has 0 atom stereocenters. The Morgan fingerprint density at radius 2 is 1.80 bits per heavy atom. The summed E-state index contributed by atoms with van der Waals surface area (Å²) in [4.78, 5) is 4.32. The van der Waals surface area contributed by atoms with Gasteiger partial charge in [-0.05, 0) is 24.3 Å². The molecule has 0 radical (unpaired) electrons. The Kier molecular flexibility index (Phi) is 4.04. The molecule has 130 valence electrons. The molecule has 4 rings (SSSR count). The van der Waals surface area contributed by atoms with E-state index in [0.717, 1.165) is 37.7 Å². The second-order valence-electron chi connectivity index (χ2n) is 5.68. The number of hydrogen-bond donors (Lipinski definition) is 0. The van der Waals surface area contributed by atoms with E-state index in [2.05, 4.69) is 29.8 Å². The quantitative estimate of drug-likeness (QED) is 0.721. The van der Waals surface area contributed by atoms with Crippen LogP contribution < -0.4 is 14.5 Å². The lowest BCUT2D eigenvalue weighted by molar-refractivity contribution is -0.0498. The molecule has 0 saturated carbocycles. The first-order valence-corrected chi connectivity index (χ1v) is 7.91. The first-order chi connectivity index (χ1) is 12.2. The fourth-order valence-corrected chi connectivity index (χ4v) is 2.94. The molecule has 0 aliphatic carbocycles. The van der Waals surface area contributed by atoms with Crippen molar-refractivity contribution in [1.82, 2.24) is 19.8 Å². The monoisotopic (exact) mass is 346 g/mol. The Hall–Kier alpha value is -2.97. The fraction of sp³-hybridized carbons (Fsp3) is 0.312. The summed E-state index contributed by atoms with van der Waals surface area (Å²) in [5, 5.41) is 12.3. The maximum atomic E-state index is 12.4. The molecule has 0 N–H and O–H groups in total. The maximum absolute atomic E-state index is 12.4. The van der Waals surface area contributed by atoms with E-state index in [9.17, 15) is 8.78 Å². The number of alkyl halides is 2. The van der Waals surface area contributed by atoms with Crippen LogP contribution in [0.4, 0.5) is 20.3 Å². The molecule has 2 aromatic heterocycles. The molecular formula is C16H16F2N6O. The van der Waals surface area contributed by atoms with E-state index >= 15 is 0 Å². The number of ether oxygens (including phenoxy) is 1. The zero-order valence-electron chi connectivity index (χ0n) is 13.3. The van der Waals surface area contributed by atoms with E-state index < -0.39 is 6.61 Å². The van der Waals surface area contributed by atoms with Gasteiger partial charge in [-0.3, -0.25) is 0 Å². The maximum Gasteiger partial charge on any atom is 0.387 e. The number of benzene rings is 1. The van der Waals surface area contributed by atoms with E-state index in [1.165, 1.54) is 6.07 Å². The third-order valence-corrected chi connectivity index (χ3v) is 4.16. The van der Waals surface area contributed by atoms with E-state index in [1.54, 1.807) is 23.0 Å². The zero-order chi connectivity index (χ0) is 17.2. The molecule has 1 aromatic carbocycles. The summed E-state index contributed by atoms with van der Waals surface area (Å²) >= 11 is 0. The number of fused-ring (bicyclic) bond motifs is 1. The molecule has 0 amide bonds. The Bertz CT molecular complexity index is 862. The van der Waals surface area contributed by atoms with Crippen LogP contribution in [0.15, 0.2) is 42.7 Å². The third-order valence-electron chi connectivity index (χ3n) is 4.16. The summed E-state index contributed by atoms with van der Waals surface area (Å²) in [5.74, 6) is 1.04. The fourth-order valence-electron chi connectivity index (χ4n) is 2.94. The van der Waals surface area contributed by atoms with Gasteiger partial charge in [0.1, 0.15) is 17.9 Å². The second-order valence-corrected chi connectivity index (χ2v) is 5.68. The molecule has 3 heterocycles. The van der Waals surface area contributed by atoms with Crippen molar-refractivity contribution in [2.45, 2.75) is 6.61 Å². The van der Waals surface area contributed by atoms with Gasteiger partial charge in [0.2, 0.25) is 0 Å². The highest BCUT2D eigenvalue weighted by molar-refractivity contribution is 5.53. The molecule has 7 nitrogen and oxygen atoms in total. The first-order valence-electron chi connectivity index (χ1n) is 7.91. The van der Waals surface area contributed by atoms with Crippen LogP contribution in [-0.2, 0) is 0 Å². The molecule has 0 spiro atoms. The van der Waals surface area contributed by atoms with Crippen LogP contribution in [0, 0.1) is 0 Å². The first kappa shape index (κ1) is 15.6. The minimum Gasteiger partial charge on any atom is -0.435 e. The van der Waals surface area contributed by atoms with Gasteiger partial charge in [-0.25, -0.2) is 0 Å². The Balaban J connectivity index is 1.44. The topological polar surface area (TPSA) is 58.8 Å². The van der Waals surface area contributed by atoms with E-state index in [1.807, 2.05) is 18.2 Å². The average molecular weight is 346 g/mol. The normalized spacial score (nSPS) is 15.2. The zero-order valence-corrected chi connectivity index (χ0v) is 13.3. The van der Waals surface area contributed by atoms with Crippen molar-refractivity contribution in [3.8, 4) is 5.75 Å². The number of nitrogens with zero attached hydrogens (tertiary/aromatic N) is 6. The second kappa shape index (κ2) is 6.50. The van der Waals surface area contributed by atoms with Crippen LogP contribution in [0.25, 0.3) is 5.65 Å². The molecule has 25 heavy (non-hydrogen) atoms. The summed E-state index contributed by atoms with van der Waals surface area (Å²) in [5.41, 5.74) is 1.58. The van der Waals surface area contributed by atoms with Gasteiger partial charge < -0.3 is 14.5 Å². The van der Waals surface area contributed by atoms with Crippen molar-refractivity contribution in [3.05, 3.63) is 42.7 Å². The van der Waals surface area contributed by atoms with E-state index in [0.29, 0.717) is 5.65 Å². The van der Waals surface area contributed by atoms with Crippen LogP contribution >= 0.6 is 0 Å². The standard InChI is InChI=1S/C16H16F2N6O/c17-16(18)25-13-3-1-2-12(10-13)22-6-8-23(9-7-22)15-5-4-14-20-19-11-24(14)21-15/h1-5,10-11,16H,6-9H2. The molecule has 1 aliphatic heterocycles. The highest BCUT2D eigenvalue weighted by Crippen LogP contribution is 2.24. The predicted octanol–water partition coefficient (Wildman–Crippen LogP) is 2.05. The van der Waals surface area contributed by atoms with Gasteiger partial charge >= 0.3 is 6.61 Å². The number of hydrogen-bond acceptors (Lipinski definition) is 6. The van der Waals surface area contributed by atoms with Crippen LogP contribution in [0.3, 0.4) is 0 Å². The van der Waals surface area contributed by atoms with Crippen molar-refractivity contribution < 1.29 is 13.5 Å². The van der Waals surface area contributed by atoms with Gasteiger partial charge in [0.05, 0.1) is 0 Å². The number of aromatic nitrogens is 4. The van der Waals surface area contributed by atoms with Crippen molar-refractivity contribution in [1.29, 1.82) is 0 Å². The van der Waals surface area contributed by atoms with Crippen LogP contribution in [0.1, 0.15) is 0 Å². The summed E-state index contributed by atoms with van der Waals surface area (Å²) in [6, 6.07) is 10.6. The van der Waals surface area contributed by atoms with Gasteiger partial charge in [-0.2, -0.15) is 13.3 Å². The molecule has 0 bridgehead atoms. The summed E-state index contributed by atoms with van der Waals surface area (Å²) < 4.78 is 30.8. The lowest BCUT2D eigenvalue weighted by atomic mass is 10.2. The van der Waals surface area contributed by atoms with Gasteiger partial charge in [0.15, 0.2) is 5.65 Å². The van der Waals surface area contributed by atoms with E-state index in [4.69, 9.17) is 0 Å². The SMILES string of the molecule is FC(F)Oc1cccc(N2CCN(c3ccc4nncn4n3)CC2)c1. The predicted molar refractivity (Wildman–Crippen MR) is 88.3 cm³/mol. The number of rotatable bonds is 4. The lowest BCUT2D eigenvalue weighted by Gasteiger charge is -2.36.